The van der Waals surface area contributed by atoms with Crippen LogP contribution in [0.15, 0.2) is 27.7 Å². The van der Waals surface area contributed by atoms with Gasteiger partial charge in [-0.3, -0.25) is 4.90 Å². The summed E-state index contributed by atoms with van der Waals surface area (Å²) in [4.78, 5) is 2.48. The molecule has 2 N–H and O–H groups in total. The van der Waals surface area contributed by atoms with E-state index in [1.54, 1.807) is 7.11 Å². The van der Waals surface area contributed by atoms with Gasteiger partial charge in [-0.15, -0.1) is 31.4 Å². The standard InChI is InChI=1S/C16H22Br2N2O2.2ClH/c1-3-4-5-12(20-8-6-19-7-9-20)11-10-13(22-2)16(21)15(18)14(11)17;;/h3,10,12,19,21H,1,4-9H2,2H3;2*1H/t12-;;/m1../s1. The van der Waals surface area contributed by atoms with Crippen LogP contribution in [-0.2, 0) is 0 Å². The van der Waals surface area contributed by atoms with Crippen LogP contribution in [0.4, 0.5) is 0 Å². The van der Waals surface area contributed by atoms with Crippen LogP contribution in [0.5, 0.6) is 11.5 Å². The summed E-state index contributed by atoms with van der Waals surface area (Å²) in [5.41, 5.74) is 1.13. The van der Waals surface area contributed by atoms with Gasteiger partial charge in [0.1, 0.15) is 0 Å². The van der Waals surface area contributed by atoms with Crippen molar-refractivity contribution in [1.82, 2.24) is 10.2 Å². The summed E-state index contributed by atoms with van der Waals surface area (Å²) in [5, 5.41) is 13.5. The first-order valence-electron chi connectivity index (χ1n) is 7.40. The molecule has 8 heteroatoms. The van der Waals surface area contributed by atoms with Crippen LogP contribution in [0.1, 0.15) is 24.4 Å². The minimum Gasteiger partial charge on any atom is -0.503 e. The zero-order valence-corrected chi connectivity index (χ0v) is 18.4. The molecule has 0 amide bonds. The van der Waals surface area contributed by atoms with E-state index in [4.69, 9.17) is 4.74 Å². The maximum Gasteiger partial charge on any atom is 0.173 e. The van der Waals surface area contributed by atoms with Crippen molar-refractivity contribution >= 4 is 56.7 Å². The number of rotatable bonds is 6. The maximum atomic E-state index is 10.1. The largest absolute Gasteiger partial charge is 0.503 e. The molecule has 0 bridgehead atoms. The van der Waals surface area contributed by atoms with Crippen LogP contribution in [0.2, 0.25) is 0 Å². The predicted molar refractivity (Wildman–Crippen MR) is 111 cm³/mol. The van der Waals surface area contributed by atoms with Crippen LogP contribution in [-0.4, -0.2) is 43.3 Å². The second-order valence-electron chi connectivity index (χ2n) is 5.31. The van der Waals surface area contributed by atoms with Gasteiger partial charge >= 0.3 is 0 Å². The third-order valence-electron chi connectivity index (χ3n) is 3.99. The van der Waals surface area contributed by atoms with E-state index in [1.165, 1.54) is 0 Å². The van der Waals surface area contributed by atoms with E-state index in [2.05, 4.69) is 48.7 Å². The molecular formula is C16H24Br2Cl2N2O2. The van der Waals surface area contributed by atoms with Crippen molar-refractivity contribution in [3.63, 3.8) is 0 Å². The molecule has 1 saturated heterocycles. The number of benzene rings is 1. The number of hydrogen-bond acceptors (Lipinski definition) is 4. The molecule has 0 aromatic heterocycles. The monoisotopic (exact) mass is 504 g/mol. The van der Waals surface area contributed by atoms with Gasteiger partial charge in [-0.05, 0) is 56.3 Å². The molecule has 1 aromatic rings. The van der Waals surface area contributed by atoms with Gasteiger partial charge in [0.2, 0.25) is 0 Å². The van der Waals surface area contributed by atoms with Gasteiger partial charge in [0.05, 0.1) is 11.6 Å². The molecule has 0 unspecified atom stereocenters. The number of nitrogens with one attached hydrogen (secondary N) is 1. The second-order valence-corrected chi connectivity index (χ2v) is 6.90. The van der Waals surface area contributed by atoms with Crippen molar-refractivity contribution in [2.24, 2.45) is 0 Å². The molecular weight excluding hydrogens is 483 g/mol. The van der Waals surface area contributed by atoms with Crippen molar-refractivity contribution in [3.8, 4) is 11.5 Å². The van der Waals surface area contributed by atoms with E-state index in [0.717, 1.165) is 49.1 Å². The van der Waals surface area contributed by atoms with Crippen LogP contribution < -0.4 is 10.1 Å². The van der Waals surface area contributed by atoms with Gasteiger partial charge in [0.15, 0.2) is 11.5 Å². The van der Waals surface area contributed by atoms with E-state index < -0.39 is 0 Å². The molecule has 0 saturated carbocycles. The Kier molecular flexibility index (Phi) is 11.6. The highest BCUT2D eigenvalue weighted by Crippen LogP contribution is 2.45. The van der Waals surface area contributed by atoms with Gasteiger partial charge in [-0.2, -0.15) is 0 Å². The zero-order chi connectivity index (χ0) is 16.1. The summed E-state index contributed by atoms with van der Waals surface area (Å²) in [6.07, 6.45) is 3.89. The Hall–Kier alpha value is 0.0200. The van der Waals surface area contributed by atoms with Crippen molar-refractivity contribution in [2.45, 2.75) is 18.9 Å². The van der Waals surface area contributed by atoms with E-state index >= 15 is 0 Å². The molecule has 1 aliphatic rings. The fourth-order valence-corrected chi connectivity index (χ4v) is 3.80. The fraction of sp³-hybridized carbons (Fsp3) is 0.500. The molecule has 0 aliphatic carbocycles. The normalized spacial score (nSPS) is 15.8. The smallest absolute Gasteiger partial charge is 0.173 e. The molecule has 1 fully saturated rings. The maximum absolute atomic E-state index is 10.1. The number of halogens is 4. The number of phenols is 1. The summed E-state index contributed by atoms with van der Waals surface area (Å²) in [6.45, 7) is 7.86. The summed E-state index contributed by atoms with van der Waals surface area (Å²) in [6, 6.07) is 2.19. The highest BCUT2D eigenvalue weighted by Gasteiger charge is 2.26. The van der Waals surface area contributed by atoms with E-state index in [-0.39, 0.29) is 36.6 Å². The lowest BCUT2D eigenvalue weighted by Gasteiger charge is -2.36. The summed E-state index contributed by atoms with van der Waals surface area (Å²) >= 11 is 7.08. The molecule has 1 aliphatic heterocycles. The Bertz CT molecular complexity index is 541. The van der Waals surface area contributed by atoms with Crippen LogP contribution >= 0.6 is 56.7 Å². The molecule has 138 valence electrons. The van der Waals surface area contributed by atoms with Crippen molar-refractivity contribution in [1.29, 1.82) is 0 Å². The third-order valence-corrected chi connectivity index (χ3v) is 6.15. The third kappa shape index (κ3) is 5.51. The van der Waals surface area contributed by atoms with Gasteiger partial charge < -0.3 is 15.2 Å². The summed E-state index contributed by atoms with van der Waals surface area (Å²) < 4.78 is 6.84. The number of ether oxygens (including phenoxy) is 1. The minimum absolute atomic E-state index is 0. The number of allylic oxidation sites excluding steroid dienone is 1. The van der Waals surface area contributed by atoms with E-state index in [0.29, 0.717) is 10.2 Å². The Morgan fingerprint density at radius 1 is 1.33 bits per heavy atom. The molecule has 0 radical (unpaired) electrons. The molecule has 1 aromatic carbocycles. The number of phenolic OH excluding ortho intramolecular Hbond substituents is 1. The molecule has 2 rings (SSSR count). The first-order valence-corrected chi connectivity index (χ1v) is 8.99. The first kappa shape index (κ1) is 24.0. The lowest BCUT2D eigenvalue weighted by molar-refractivity contribution is 0.165. The van der Waals surface area contributed by atoms with Gasteiger partial charge in [-0.25, -0.2) is 0 Å². The number of nitrogens with zero attached hydrogens (tertiary/aromatic N) is 1. The summed E-state index contributed by atoms with van der Waals surface area (Å²) in [5.74, 6) is 0.615. The molecule has 24 heavy (non-hydrogen) atoms. The number of hydrogen-bond donors (Lipinski definition) is 2. The van der Waals surface area contributed by atoms with Crippen molar-refractivity contribution in [3.05, 3.63) is 33.2 Å². The Morgan fingerprint density at radius 3 is 2.50 bits per heavy atom. The summed E-state index contributed by atoms with van der Waals surface area (Å²) in [7, 11) is 1.57. The molecule has 1 atom stereocenters. The van der Waals surface area contributed by atoms with Gasteiger partial charge in [0, 0.05) is 36.7 Å². The fourth-order valence-electron chi connectivity index (χ4n) is 2.81. The average molecular weight is 507 g/mol. The lowest BCUT2D eigenvalue weighted by Crippen LogP contribution is -2.45. The highest BCUT2D eigenvalue weighted by atomic mass is 79.9. The van der Waals surface area contributed by atoms with E-state index in [1.807, 2.05) is 12.1 Å². The topological polar surface area (TPSA) is 44.7 Å². The average Bonchev–Trinajstić information content (AvgIpc) is 2.55. The highest BCUT2D eigenvalue weighted by molar-refractivity contribution is 9.13. The minimum atomic E-state index is 0. The van der Waals surface area contributed by atoms with Gasteiger partial charge in [-0.1, -0.05) is 6.08 Å². The Labute approximate surface area is 173 Å². The molecule has 0 spiro atoms. The second kappa shape index (κ2) is 11.6. The Balaban J connectivity index is 0.00000264. The van der Waals surface area contributed by atoms with Crippen molar-refractivity contribution < 1.29 is 9.84 Å². The zero-order valence-electron chi connectivity index (χ0n) is 13.6. The lowest BCUT2D eigenvalue weighted by atomic mass is 9.99. The van der Waals surface area contributed by atoms with Crippen molar-refractivity contribution in [2.75, 3.05) is 33.3 Å². The number of piperazine rings is 1. The van der Waals surface area contributed by atoms with E-state index in [9.17, 15) is 5.11 Å². The molecule has 1 heterocycles. The molecule has 4 nitrogen and oxygen atoms in total. The Morgan fingerprint density at radius 2 is 1.96 bits per heavy atom. The van der Waals surface area contributed by atoms with Crippen LogP contribution in [0.25, 0.3) is 0 Å². The van der Waals surface area contributed by atoms with Crippen LogP contribution in [0, 0.1) is 0 Å². The predicted octanol–water partition coefficient (Wildman–Crippen LogP) is 4.68. The SMILES string of the molecule is C=CCC[C@H](c1cc(OC)c(O)c(Br)c1Br)N1CCNCC1.Cl.Cl. The van der Waals surface area contributed by atoms with Crippen LogP contribution in [0.3, 0.4) is 0 Å². The number of aromatic hydroxyl groups is 1. The first-order chi connectivity index (χ1) is 10.6. The number of methoxy groups -OCH3 is 1. The van der Waals surface area contributed by atoms with Gasteiger partial charge in [0.25, 0.3) is 0 Å². The quantitative estimate of drug-likeness (QED) is 0.550.